The van der Waals surface area contributed by atoms with Crippen LogP contribution in [0.25, 0.3) is 5.57 Å². The number of alkyl halides is 3. The zero-order chi connectivity index (χ0) is 23.6. The zero-order valence-corrected chi connectivity index (χ0v) is 19.2. The molecule has 1 aliphatic heterocycles. The fourth-order valence-corrected chi connectivity index (χ4v) is 4.80. The highest BCUT2D eigenvalue weighted by Gasteiger charge is 2.31. The van der Waals surface area contributed by atoms with E-state index in [9.17, 15) is 13.2 Å². The van der Waals surface area contributed by atoms with Gasteiger partial charge in [0.25, 0.3) is 0 Å². The highest BCUT2D eigenvalue weighted by Crippen LogP contribution is 2.38. The Labute approximate surface area is 201 Å². The molecule has 0 aromatic heterocycles. The molecule has 0 aliphatic carbocycles. The van der Waals surface area contributed by atoms with Gasteiger partial charge in [-0.2, -0.15) is 0 Å². The second kappa shape index (κ2) is 9.80. The Balaban J connectivity index is 1.57. The predicted molar refractivity (Wildman–Crippen MR) is 127 cm³/mol. The summed E-state index contributed by atoms with van der Waals surface area (Å²) in [5, 5.41) is 1.11. The summed E-state index contributed by atoms with van der Waals surface area (Å²) in [6.07, 6.45) is -3.13. The first-order valence-electron chi connectivity index (χ1n) is 10.5. The average Bonchev–Trinajstić information content (AvgIpc) is 2.75. The Bertz CT molecular complexity index is 1120. The molecule has 3 aromatic carbocycles. The van der Waals surface area contributed by atoms with Gasteiger partial charge in [0.05, 0.1) is 0 Å². The van der Waals surface area contributed by atoms with Crippen molar-refractivity contribution in [2.24, 2.45) is 0 Å². The quantitative estimate of drug-likeness (QED) is 0.345. The van der Waals surface area contributed by atoms with Crippen molar-refractivity contribution in [3.63, 3.8) is 0 Å². The Morgan fingerprint density at radius 3 is 2.33 bits per heavy atom. The third-order valence-corrected chi connectivity index (χ3v) is 6.21. The van der Waals surface area contributed by atoms with Crippen LogP contribution in [-0.2, 0) is 13.0 Å². The van der Waals surface area contributed by atoms with Gasteiger partial charge in [0.15, 0.2) is 0 Å². The largest absolute Gasteiger partial charge is 0.573 e. The van der Waals surface area contributed by atoms with Crippen LogP contribution in [0.3, 0.4) is 0 Å². The molecule has 0 saturated carbocycles. The van der Waals surface area contributed by atoms with Crippen LogP contribution >= 0.6 is 23.2 Å². The molecule has 33 heavy (non-hydrogen) atoms. The number of hydrogen-bond acceptors (Lipinski definition) is 2. The van der Waals surface area contributed by atoms with Gasteiger partial charge in [-0.05, 0) is 71.0 Å². The molecular weight excluding hydrogens is 470 g/mol. The number of hydrogen-bond donors (Lipinski definition) is 0. The van der Waals surface area contributed by atoms with E-state index in [1.807, 2.05) is 24.3 Å². The standard InChI is InChI=1S/C26H22Cl2F3NO/c1-17(20-13-21(27)15-22(28)14-20)12-25-24-5-3-2-4-19(24)10-11-32(25)16-18-6-8-23(9-7-18)33-26(29,30)31/h2-9,13-15,25H,1,10-12,16H2. The Kier molecular flexibility index (Phi) is 7.03. The minimum atomic E-state index is -4.70. The second-order valence-electron chi connectivity index (χ2n) is 8.09. The molecule has 0 spiro atoms. The predicted octanol–water partition coefficient (Wildman–Crippen LogP) is 8.09. The smallest absolute Gasteiger partial charge is 0.406 e. The summed E-state index contributed by atoms with van der Waals surface area (Å²) in [6.45, 7) is 5.71. The summed E-state index contributed by atoms with van der Waals surface area (Å²) < 4.78 is 41.4. The molecule has 2 nitrogen and oxygen atoms in total. The van der Waals surface area contributed by atoms with Crippen molar-refractivity contribution >= 4 is 28.8 Å². The first kappa shape index (κ1) is 23.7. The molecular formula is C26H22Cl2F3NO. The molecule has 0 N–H and O–H groups in total. The van der Waals surface area contributed by atoms with Gasteiger partial charge in [0.2, 0.25) is 0 Å². The minimum Gasteiger partial charge on any atom is -0.406 e. The number of ether oxygens (including phenoxy) is 1. The lowest BCUT2D eigenvalue weighted by Crippen LogP contribution is -2.35. The van der Waals surface area contributed by atoms with Crippen molar-refractivity contribution in [2.45, 2.75) is 31.8 Å². The first-order valence-corrected chi connectivity index (χ1v) is 11.2. The molecule has 1 heterocycles. The van der Waals surface area contributed by atoms with E-state index in [0.717, 1.165) is 29.7 Å². The van der Waals surface area contributed by atoms with Crippen molar-refractivity contribution in [1.82, 2.24) is 4.90 Å². The number of rotatable bonds is 6. The molecule has 172 valence electrons. The topological polar surface area (TPSA) is 12.5 Å². The van der Waals surface area contributed by atoms with E-state index in [1.54, 1.807) is 18.2 Å². The molecule has 0 radical (unpaired) electrons. The average molecular weight is 492 g/mol. The third kappa shape index (κ3) is 6.11. The van der Waals surface area contributed by atoms with Crippen LogP contribution in [0.5, 0.6) is 5.75 Å². The van der Waals surface area contributed by atoms with Crippen molar-refractivity contribution < 1.29 is 17.9 Å². The van der Waals surface area contributed by atoms with Crippen LogP contribution in [0.2, 0.25) is 10.0 Å². The molecule has 3 aromatic rings. The van der Waals surface area contributed by atoms with Gasteiger partial charge in [0.1, 0.15) is 5.75 Å². The van der Waals surface area contributed by atoms with Gasteiger partial charge in [0, 0.05) is 29.2 Å². The van der Waals surface area contributed by atoms with Gasteiger partial charge in [-0.1, -0.05) is 66.2 Å². The van der Waals surface area contributed by atoms with Gasteiger partial charge < -0.3 is 4.74 Å². The lowest BCUT2D eigenvalue weighted by Gasteiger charge is -2.38. The van der Waals surface area contributed by atoms with E-state index in [1.165, 1.54) is 23.3 Å². The number of halogens is 5. The Morgan fingerprint density at radius 2 is 1.67 bits per heavy atom. The maximum Gasteiger partial charge on any atom is 0.573 e. The van der Waals surface area contributed by atoms with Crippen LogP contribution in [0, 0.1) is 0 Å². The monoisotopic (exact) mass is 491 g/mol. The van der Waals surface area contributed by atoms with Crippen LogP contribution < -0.4 is 4.74 Å². The van der Waals surface area contributed by atoms with E-state index in [-0.39, 0.29) is 11.8 Å². The molecule has 0 amide bonds. The molecule has 1 aliphatic rings. The number of benzene rings is 3. The zero-order valence-electron chi connectivity index (χ0n) is 17.7. The normalized spacial score (nSPS) is 16.3. The number of nitrogens with zero attached hydrogens (tertiary/aromatic N) is 1. The molecule has 1 atom stereocenters. The number of fused-ring (bicyclic) bond motifs is 1. The van der Waals surface area contributed by atoms with E-state index >= 15 is 0 Å². The SMILES string of the molecule is C=C(CC1c2ccccc2CCN1Cc1ccc(OC(F)(F)F)cc1)c1cc(Cl)cc(Cl)c1. The van der Waals surface area contributed by atoms with Crippen molar-refractivity contribution in [2.75, 3.05) is 6.54 Å². The summed E-state index contributed by atoms with van der Waals surface area (Å²) in [7, 11) is 0. The van der Waals surface area contributed by atoms with Crippen molar-refractivity contribution in [3.05, 3.63) is 106 Å². The Morgan fingerprint density at radius 1 is 1.00 bits per heavy atom. The van der Waals surface area contributed by atoms with E-state index in [0.29, 0.717) is 23.0 Å². The Hall–Kier alpha value is -2.47. The van der Waals surface area contributed by atoms with Gasteiger partial charge in [-0.25, -0.2) is 0 Å². The molecule has 0 bridgehead atoms. The van der Waals surface area contributed by atoms with Crippen molar-refractivity contribution in [1.29, 1.82) is 0 Å². The van der Waals surface area contributed by atoms with E-state index < -0.39 is 6.36 Å². The third-order valence-electron chi connectivity index (χ3n) is 5.78. The summed E-state index contributed by atoms with van der Waals surface area (Å²) in [5.74, 6) is -0.224. The summed E-state index contributed by atoms with van der Waals surface area (Å²) in [5.41, 5.74) is 5.24. The highest BCUT2D eigenvalue weighted by molar-refractivity contribution is 6.34. The molecule has 1 unspecified atom stereocenters. The lowest BCUT2D eigenvalue weighted by atomic mass is 9.87. The molecule has 0 fully saturated rings. The van der Waals surface area contributed by atoms with Crippen LogP contribution in [0.4, 0.5) is 13.2 Å². The fraction of sp³-hybridized carbons (Fsp3) is 0.231. The fourth-order valence-electron chi connectivity index (χ4n) is 4.27. The minimum absolute atomic E-state index is 0.0614. The maximum atomic E-state index is 12.5. The highest BCUT2D eigenvalue weighted by atomic mass is 35.5. The van der Waals surface area contributed by atoms with Crippen LogP contribution in [0.1, 0.15) is 34.7 Å². The summed E-state index contributed by atoms with van der Waals surface area (Å²) >= 11 is 12.4. The summed E-state index contributed by atoms with van der Waals surface area (Å²) in [4.78, 5) is 2.33. The van der Waals surface area contributed by atoms with Gasteiger partial charge in [-0.15, -0.1) is 13.2 Å². The molecule has 7 heteroatoms. The van der Waals surface area contributed by atoms with Gasteiger partial charge >= 0.3 is 6.36 Å². The molecule has 4 rings (SSSR count). The van der Waals surface area contributed by atoms with Crippen LogP contribution in [0.15, 0.2) is 73.3 Å². The first-order chi connectivity index (χ1) is 15.7. The second-order valence-corrected chi connectivity index (χ2v) is 8.97. The lowest BCUT2D eigenvalue weighted by molar-refractivity contribution is -0.274. The van der Waals surface area contributed by atoms with Gasteiger partial charge in [-0.3, -0.25) is 4.90 Å². The summed E-state index contributed by atoms with van der Waals surface area (Å²) in [6, 6.07) is 19.8. The van der Waals surface area contributed by atoms with Crippen LogP contribution in [-0.4, -0.2) is 17.8 Å². The van der Waals surface area contributed by atoms with Crippen molar-refractivity contribution in [3.8, 4) is 5.75 Å². The maximum absolute atomic E-state index is 12.5. The molecule has 0 saturated heterocycles. The van der Waals surface area contributed by atoms with E-state index in [2.05, 4.69) is 28.3 Å². The van der Waals surface area contributed by atoms with E-state index in [4.69, 9.17) is 23.2 Å².